The number of nitrogens with one attached hydrogen (secondary N) is 1. The van der Waals surface area contributed by atoms with E-state index in [9.17, 15) is 4.79 Å². The zero-order valence-electron chi connectivity index (χ0n) is 17.5. The molecule has 0 spiro atoms. The second kappa shape index (κ2) is 9.86. The molecule has 1 saturated carbocycles. The van der Waals surface area contributed by atoms with Gasteiger partial charge in [0.2, 0.25) is 5.91 Å². The summed E-state index contributed by atoms with van der Waals surface area (Å²) in [4.78, 5) is 20.2. The highest BCUT2D eigenvalue weighted by Crippen LogP contribution is 2.35. The maximum Gasteiger partial charge on any atom is 0.223 e. The Morgan fingerprint density at radius 3 is 2.52 bits per heavy atom. The molecule has 1 saturated heterocycles. The lowest BCUT2D eigenvalue weighted by Crippen LogP contribution is -2.43. The average Bonchev–Trinajstić information content (AvgIpc) is 3.18. The van der Waals surface area contributed by atoms with Crippen LogP contribution in [0.1, 0.15) is 67.3 Å². The highest BCUT2D eigenvalue weighted by atomic mass is 32.1. The maximum atomic E-state index is 13.2. The standard InChI is InChI=1S/C24H33N3OS/c1-18-25-22(17-29-18)16-27-14-12-21(13-15-27)24(28)26-23(19-8-4-2-5-9-19)20-10-6-3-7-11-20/h2,4-5,8-9,17,20-21,23H,3,6-7,10-16H2,1H3,(H,26,28). The number of hydrogen-bond acceptors (Lipinski definition) is 4. The van der Waals surface area contributed by atoms with Gasteiger partial charge in [-0.05, 0) is 57.2 Å². The molecule has 156 valence electrons. The first-order valence-electron chi connectivity index (χ1n) is 11.2. The number of amides is 1. The van der Waals surface area contributed by atoms with Crippen LogP contribution in [0, 0.1) is 18.8 Å². The number of hydrogen-bond donors (Lipinski definition) is 1. The van der Waals surface area contributed by atoms with E-state index in [2.05, 4.69) is 57.8 Å². The van der Waals surface area contributed by atoms with Crippen molar-refractivity contribution in [3.05, 3.63) is 52.0 Å². The molecule has 2 aliphatic rings. The van der Waals surface area contributed by atoms with Crippen LogP contribution in [0.15, 0.2) is 35.7 Å². The third-order valence-corrected chi connectivity index (χ3v) is 7.41. The van der Waals surface area contributed by atoms with Crippen LogP contribution in [0.5, 0.6) is 0 Å². The number of carbonyl (C=O) groups is 1. The van der Waals surface area contributed by atoms with Gasteiger partial charge < -0.3 is 5.32 Å². The predicted octanol–water partition coefficient (Wildman–Crippen LogP) is 5.10. The number of aromatic nitrogens is 1. The minimum atomic E-state index is 0.137. The molecule has 1 N–H and O–H groups in total. The zero-order valence-corrected chi connectivity index (χ0v) is 18.3. The molecule has 4 nitrogen and oxygen atoms in total. The summed E-state index contributed by atoms with van der Waals surface area (Å²) in [6, 6.07) is 10.8. The summed E-state index contributed by atoms with van der Waals surface area (Å²) >= 11 is 1.71. The first-order valence-corrected chi connectivity index (χ1v) is 12.1. The molecular weight excluding hydrogens is 378 g/mol. The summed E-state index contributed by atoms with van der Waals surface area (Å²) in [6.45, 7) is 4.93. The lowest BCUT2D eigenvalue weighted by atomic mass is 9.80. The van der Waals surface area contributed by atoms with Crippen LogP contribution in [0.3, 0.4) is 0 Å². The molecule has 1 unspecified atom stereocenters. The first kappa shape index (κ1) is 20.5. The molecule has 5 heteroatoms. The second-order valence-corrected chi connectivity index (χ2v) is 9.77. The summed E-state index contributed by atoms with van der Waals surface area (Å²) in [5.74, 6) is 0.967. The van der Waals surface area contributed by atoms with E-state index in [1.807, 2.05) is 0 Å². The van der Waals surface area contributed by atoms with Crippen molar-refractivity contribution in [2.75, 3.05) is 13.1 Å². The Balaban J connectivity index is 1.34. The third-order valence-electron chi connectivity index (χ3n) is 6.59. The Hall–Kier alpha value is -1.72. The minimum Gasteiger partial charge on any atom is -0.349 e. The molecule has 0 bridgehead atoms. The Bertz CT molecular complexity index is 776. The fraction of sp³-hybridized carbons (Fsp3) is 0.583. The van der Waals surface area contributed by atoms with E-state index in [0.29, 0.717) is 5.92 Å². The van der Waals surface area contributed by atoms with Gasteiger partial charge in [0.1, 0.15) is 0 Å². The normalized spacial score (nSPS) is 20.4. The third kappa shape index (κ3) is 5.46. The van der Waals surface area contributed by atoms with Crippen LogP contribution in [-0.4, -0.2) is 28.9 Å². The van der Waals surface area contributed by atoms with Crippen molar-refractivity contribution in [2.45, 2.75) is 64.5 Å². The van der Waals surface area contributed by atoms with Crippen molar-refractivity contribution in [3.8, 4) is 0 Å². The Morgan fingerprint density at radius 2 is 1.86 bits per heavy atom. The van der Waals surface area contributed by atoms with E-state index in [1.165, 1.54) is 37.7 Å². The summed E-state index contributed by atoms with van der Waals surface area (Å²) in [5.41, 5.74) is 2.43. The number of benzene rings is 1. The number of carbonyl (C=O) groups excluding carboxylic acids is 1. The number of likely N-dealkylation sites (tertiary alicyclic amines) is 1. The summed E-state index contributed by atoms with van der Waals surface area (Å²) in [6.07, 6.45) is 8.26. The lowest BCUT2D eigenvalue weighted by Gasteiger charge is -2.35. The van der Waals surface area contributed by atoms with Crippen LogP contribution < -0.4 is 5.32 Å². The molecule has 1 aromatic heterocycles. The van der Waals surface area contributed by atoms with E-state index in [4.69, 9.17) is 0 Å². The molecule has 1 amide bonds. The molecule has 2 aromatic rings. The van der Waals surface area contributed by atoms with Gasteiger partial charge in [0.25, 0.3) is 0 Å². The molecule has 1 aliphatic heterocycles. The molecule has 29 heavy (non-hydrogen) atoms. The van der Waals surface area contributed by atoms with Gasteiger partial charge in [-0.3, -0.25) is 9.69 Å². The molecule has 1 aromatic carbocycles. The predicted molar refractivity (Wildman–Crippen MR) is 119 cm³/mol. The number of rotatable bonds is 6. The fourth-order valence-electron chi connectivity index (χ4n) is 4.94. The SMILES string of the molecule is Cc1nc(CN2CCC(C(=O)NC(c3ccccc3)C3CCCCC3)CC2)cs1. The van der Waals surface area contributed by atoms with Gasteiger partial charge in [0.15, 0.2) is 0 Å². The van der Waals surface area contributed by atoms with E-state index in [-0.39, 0.29) is 17.9 Å². The quantitative estimate of drug-likeness (QED) is 0.719. The monoisotopic (exact) mass is 411 g/mol. The van der Waals surface area contributed by atoms with Crippen molar-refractivity contribution in [1.29, 1.82) is 0 Å². The Morgan fingerprint density at radius 1 is 1.14 bits per heavy atom. The number of aryl methyl sites for hydroxylation is 1. The van der Waals surface area contributed by atoms with Gasteiger partial charge >= 0.3 is 0 Å². The molecule has 1 aliphatic carbocycles. The van der Waals surface area contributed by atoms with Gasteiger partial charge in [-0.15, -0.1) is 11.3 Å². The van der Waals surface area contributed by atoms with Gasteiger partial charge in [0, 0.05) is 17.8 Å². The highest BCUT2D eigenvalue weighted by molar-refractivity contribution is 7.09. The molecule has 2 fully saturated rings. The Kier molecular flexibility index (Phi) is 6.98. The van der Waals surface area contributed by atoms with E-state index in [0.717, 1.165) is 43.2 Å². The van der Waals surface area contributed by atoms with Crippen molar-refractivity contribution in [3.63, 3.8) is 0 Å². The average molecular weight is 412 g/mol. The lowest BCUT2D eigenvalue weighted by molar-refractivity contribution is -0.127. The van der Waals surface area contributed by atoms with Crippen LogP contribution in [0.2, 0.25) is 0 Å². The maximum absolute atomic E-state index is 13.2. The second-order valence-electron chi connectivity index (χ2n) is 8.70. The van der Waals surface area contributed by atoms with E-state index in [1.54, 1.807) is 11.3 Å². The minimum absolute atomic E-state index is 0.137. The van der Waals surface area contributed by atoms with Crippen molar-refractivity contribution in [1.82, 2.24) is 15.2 Å². The smallest absolute Gasteiger partial charge is 0.223 e. The summed E-state index contributed by atoms with van der Waals surface area (Å²) < 4.78 is 0. The number of piperidine rings is 1. The summed E-state index contributed by atoms with van der Waals surface area (Å²) in [5, 5.41) is 6.76. The number of thiazole rings is 1. The largest absolute Gasteiger partial charge is 0.349 e. The topological polar surface area (TPSA) is 45.2 Å². The van der Waals surface area contributed by atoms with Crippen molar-refractivity contribution < 1.29 is 4.79 Å². The van der Waals surface area contributed by atoms with Gasteiger partial charge in [-0.1, -0.05) is 49.6 Å². The molecule has 1 atom stereocenters. The van der Waals surface area contributed by atoms with Crippen molar-refractivity contribution in [2.24, 2.45) is 11.8 Å². The van der Waals surface area contributed by atoms with Crippen molar-refractivity contribution >= 4 is 17.2 Å². The molecule has 2 heterocycles. The molecule has 4 rings (SSSR count). The Labute approximate surface area is 178 Å². The van der Waals surface area contributed by atoms with Gasteiger partial charge in [-0.25, -0.2) is 4.98 Å². The summed E-state index contributed by atoms with van der Waals surface area (Å²) in [7, 11) is 0. The fourth-order valence-corrected chi connectivity index (χ4v) is 5.54. The van der Waals surface area contributed by atoms with Crippen LogP contribution in [0.4, 0.5) is 0 Å². The van der Waals surface area contributed by atoms with Crippen LogP contribution in [-0.2, 0) is 11.3 Å². The number of nitrogens with zero attached hydrogens (tertiary/aromatic N) is 2. The zero-order chi connectivity index (χ0) is 20.1. The highest BCUT2D eigenvalue weighted by Gasteiger charge is 2.31. The first-order chi connectivity index (χ1) is 14.2. The van der Waals surface area contributed by atoms with Crippen LogP contribution in [0.25, 0.3) is 0 Å². The molecule has 0 radical (unpaired) electrons. The van der Waals surface area contributed by atoms with Gasteiger partial charge in [-0.2, -0.15) is 0 Å². The van der Waals surface area contributed by atoms with E-state index >= 15 is 0 Å². The van der Waals surface area contributed by atoms with Gasteiger partial charge in [0.05, 0.1) is 16.7 Å². The molecular formula is C24H33N3OS. The van der Waals surface area contributed by atoms with E-state index < -0.39 is 0 Å². The van der Waals surface area contributed by atoms with Crippen LogP contribution >= 0.6 is 11.3 Å².